The minimum absolute atomic E-state index is 0.0258. The second-order valence-electron chi connectivity index (χ2n) is 3.34. The third-order valence-electron chi connectivity index (χ3n) is 2.25. The van der Waals surface area contributed by atoms with E-state index in [0.29, 0.717) is 26.2 Å². The summed E-state index contributed by atoms with van der Waals surface area (Å²) < 4.78 is 10.3. The van der Waals surface area contributed by atoms with E-state index in [-0.39, 0.29) is 18.6 Å². The number of hydrogen-bond acceptors (Lipinski definition) is 4. The third-order valence-corrected chi connectivity index (χ3v) is 2.25. The molecule has 1 saturated heterocycles. The average molecular weight is 202 g/mol. The number of nitrogens with two attached hydrogens (primary N) is 1. The van der Waals surface area contributed by atoms with Gasteiger partial charge in [0, 0.05) is 20.2 Å². The lowest BCUT2D eigenvalue weighted by atomic mass is 10.2. The van der Waals surface area contributed by atoms with E-state index in [1.807, 2.05) is 0 Å². The van der Waals surface area contributed by atoms with Gasteiger partial charge in [-0.3, -0.25) is 4.79 Å². The summed E-state index contributed by atoms with van der Waals surface area (Å²) in [6.45, 7) is 2.63. The fraction of sp³-hybridized carbons (Fsp3) is 0.889. The van der Waals surface area contributed by atoms with Crippen molar-refractivity contribution in [3.05, 3.63) is 0 Å². The van der Waals surface area contributed by atoms with Crippen molar-refractivity contribution in [2.45, 2.75) is 12.5 Å². The van der Waals surface area contributed by atoms with Crippen LogP contribution < -0.4 is 5.73 Å². The minimum Gasteiger partial charge on any atom is -0.375 e. The number of carbonyl (C=O) groups excluding carboxylic acids is 1. The molecule has 1 rings (SSSR count). The van der Waals surface area contributed by atoms with Gasteiger partial charge >= 0.3 is 0 Å². The Kier molecular flexibility index (Phi) is 4.86. The van der Waals surface area contributed by atoms with Gasteiger partial charge in [0.15, 0.2) is 0 Å². The first-order chi connectivity index (χ1) is 6.77. The molecule has 1 atom stereocenters. The van der Waals surface area contributed by atoms with Crippen molar-refractivity contribution in [3.8, 4) is 0 Å². The van der Waals surface area contributed by atoms with Crippen molar-refractivity contribution < 1.29 is 14.3 Å². The molecule has 0 radical (unpaired) electrons. The number of carbonyl (C=O) groups is 1. The summed E-state index contributed by atoms with van der Waals surface area (Å²) >= 11 is 0. The van der Waals surface area contributed by atoms with Gasteiger partial charge in [0.2, 0.25) is 5.91 Å². The van der Waals surface area contributed by atoms with Gasteiger partial charge in [-0.25, -0.2) is 0 Å². The third kappa shape index (κ3) is 3.25. The molecule has 1 unspecified atom stereocenters. The van der Waals surface area contributed by atoms with Crippen LogP contribution >= 0.6 is 0 Å². The summed E-state index contributed by atoms with van der Waals surface area (Å²) in [7, 11) is 1.52. The largest absolute Gasteiger partial charge is 0.375 e. The van der Waals surface area contributed by atoms with Crippen molar-refractivity contribution in [3.63, 3.8) is 0 Å². The Morgan fingerprint density at radius 2 is 2.50 bits per heavy atom. The molecule has 0 saturated carbocycles. The van der Waals surface area contributed by atoms with Gasteiger partial charge in [0.05, 0.1) is 12.7 Å². The Morgan fingerprint density at radius 1 is 1.71 bits per heavy atom. The summed E-state index contributed by atoms with van der Waals surface area (Å²) in [5.74, 6) is 0.0258. The summed E-state index contributed by atoms with van der Waals surface area (Å²) in [5.41, 5.74) is 5.43. The lowest BCUT2D eigenvalue weighted by Crippen LogP contribution is -2.47. The van der Waals surface area contributed by atoms with Crippen LogP contribution in [0, 0.1) is 0 Å². The second-order valence-corrected chi connectivity index (χ2v) is 3.34. The van der Waals surface area contributed by atoms with Gasteiger partial charge in [-0.1, -0.05) is 0 Å². The first-order valence-corrected chi connectivity index (χ1v) is 4.86. The van der Waals surface area contributed by atoms with E-state index >= 15 is 0 Å². The van der Waals surface area contributed by atoms with E-state index in [1.165, 1.54) is 7.11 Å². The van der Waals surface area contributed by atoms with E-state index in [1.54, 1.807) is 4.90 Å². The van der Waals surface area contributed by atoms with Crippen LogP contribution in [0.3, 0.4) is 0 Å². The van der Waals surface area contributed by atoms with Crippen LogP contribution in [-0.4, -0.2) is 56.9 Å². The van der Waals surface area contributed by atoms with Gasteiger partial charge in [-0.15, -0.1) is 0 Å². The first kappa shape index (κ1) is 11.4. The maximum absolute atomic E-state index is 11.5. The summed E-state index contributed by atoms with van der Waals surface area (Å²) in [5, 5.41) is 0. The SMILES string of the molecule is COCC(=O)N1CCOC(CCN)C1. The van der Waals surface area contributed by atoms with Crippen LogP contribution in [0.1, 0.15) is 6.42 Å². The van der Waals surface area contributed by atoms with Crippen molar-refractivity contribution in [1.82, 2.24) is 4.90 Å². The molecule has 0 bridgehead atoms. The molecule has 0 aromatic rings. The minimum atomic E-state index is 0.0258. The zero-order chi connectivity index (χ0) is 10.4. The highest BCUT2D eigenvalue weighted by atomic mass is 16.5. The van der Waals surface area contributed by atoms with Gasteiger partial charge in [-0.2, -0.15) is 0 Å². The Balaban J connectivity index is 2.35. The fourth-order valence-electron chi connectivity index (χ4n) is 1.52. The normalized spacial score (nSPS) is 22.4. The van der Waals surface area contributed by atoms with Crippen LogP contribution in [0.4, 0.5) is 0 Å². The van der Waals surface area contributed by atoms with E-state index in [0.717, 1.165) is 6.42 Å². The molecule has 0 aliphatic carbocycles. The highest BCUT2D eigenvalue weighted by Crippen LogP contribution is 2.08. The Hall–Kier alpha value is -0.650. The molecule has 82 valence electrons. The van der Waals surface area contributed by atoms with Crippen LogP contribution in [0.5, 0.6) is 0 Å². The van der Waals surface area contributed by atoms with E-state index in [4.69, 9.17) is 15.2 Å². The Labute approximate surface area is 84.1 Å². The van der Waals surface area contributed by atoms with Crippen LogP contribution in [-0.2, 0) is 14.3 Å². The molecule has 5 nitrogen and oxygen atoms in total. The zero-order valence-electron chi connectivity index (χ0n) is 8.57. The van der Waals surface area contributed by atoms with E-state index < -0.39 is 0 Å². The molecule has 0 aromatic carbocycles. The van der Waals surface area contributed by atoms with Gasteiger partial charge < -0.3 is 20.1 Å². The maximum Gasteiger partial charge on any atom is 0.248 e. The standard InChI is InChI=1S/C9H18N2O3/c1-13-7-9(12)11-4-5-14-8(6-11)2-3-10/h8H,2-7,10H2,1H3. The highest BCUT2D eigenvalue weighted by Gasteiger charge is 2.23. The molecule has 1 fully saturated rings. The summed E-state index contributed by atoms with van der Waals surface area (Å²) in [6.07, 6.45) is 0.895. The molecule has 2 N–H and O–H groups in total. The molecule has 5 heteroatoms. The molecule has 1 amide bonds. The van der Waals surface area contributed by atoms with Crippen LogP contribution in [0.25, 0.3) is 0 Å². The molecule has 1 aliphatic rings. The quantitative estimate of drug-likeness (QED) is 0.649. The van der Waals surface area contributed by atoms with E-state index in [9.17, 15) is 4.79 Å². The molecule has 0 spiro atoms. The molecule has 1 heterocycles. The van der Waals surface area contributed by atoms with Gasteiger partial charge in [0.25, 0.3) is 0 Å². The van der Waals surface area contributed by atoms with Crippen molar-refractivity contribution in [2.75, 3.05) is 40.0 Å². The predicted molar refractivity (Wildman–Crippen MR) is 51.9 cm³/mol. The maximum atomic E-state index is 11.5. The number of amides is 1. The van der Waals surface area contributed by atoms with E-state index in [2.05, 4.69) is 0 Å². The second kappa shape index (κ2) is 5.95. The molecule has 0 aromatic heterocycles. The predicted octanol–water partition coefficient (Wildman–Crippen LogP) is -0.791. The number of morpholine rings is 1. The van der Waals surface area contributed by atoms with Crippen LogP contribution in [0.15, 0.2) is 0 Å². The average Bonchev–Trinajstić information content (AvgIpc) is 2.19. The monoisotopic (exact) mass is 202 g/mol. The van der Waals surface area contributed by atoms with Crippen molar-refractivity contribution in [2.24, 2.45) is 5.73 Å². The zero-order valence-corrected chi connectivity index (χ0v) is 8.57. The topological polar surface area (TPSA) is 64.8 Å². The van der Waals surface area contributed by atoms with Gasteiger partial charge in [-0.05, 0) is 13.0 Å². The molecule has 14 heavy (non-hydrogen) atoms. The highest BCUT2D eigenvalue weighted by molar-refractivity contribution is 5.77. The first-order valence-electron chi connectivity index (χ1n) is 4.86. The van der Waals surface area contributed by atoms with Gasteiger partial charge in [0.1, 0.15) is 6.61 Å². The molecular weight excluding hydrogens is 184 g/mol. The number of hydrogen-bond donors (Lipinski definition) is 1. The molecule has 1 aliphatic heterocycles. The number of methoxy groups -OCH3 is 1. The lowest BCUT2D eigenvalue weighted by molar-refractivity contribution is -0.142. The number of ether oxygens (including phenoxy) is 2. The lowest BCUT2D eigenvalue weighted by Gasteiger charge is -2.32. The summed E-state index contributed by atoms with van der Waals surface area (Å²) in [4.78, 5) is 13.2. The Bertz CT molecular complexity index is 185. The fourth-order valence-corrected chi connectivity index (χ4v) is 1.52. The Morgan fingerprint density at radius 3 is 3.14 bits per heavy atom. The number of rotatable bonds is 4. The van der Waals surface area contributed by atoms with Crippen molar-refractivity contribution >= 4 is 5.91 Å². The van der Waals surface area contributed by atoms with Crippen molar-refractivity contribution in [1.29, 1.82) is 0 Å². The van der Waals surface area contributed by atoms with Crippen LogP contribution in [0.2, 0.25) is 0 Å². The molecular formula is C9H18N2O3. The smallest absolute Gasteiger partial charge is 0.248 e. The number of nitrogens with zero attached hydrogens (tertiary/aromatic N) is 1. The summed E-state index contributed by atoms with van der Waals surface area (Å²) in [6, 6.07) is 0.